The first-order chi connectivity index (χ1) is 8.54. The zero-order valence-corrected chi connectivity index (χ0v) is 9.11. The van der Waals surface area contributed by atoms with Crippen LogP contribution in [0.15, 0.2) is 22.7 Å². The largest absolute Gasteiger partial charge is 0.494 e. The summed E-state index contributed by atoms with van der Waals surface area (Å²) in [5.74, 6) is -4.12. The van der Waals surface area contributed by atoms with E-state index in [0.717, 1.165) is 6.07 Å². The number of aromatic carboxylic acids is 1. The topological polar surface area (TPSA) is 72.6 Å². The lowest BCUT2D eigenvalue weighted by atomic mass is 10.1. The molecule has 0 bridgehead atoms. The predicted molar refractivity (Wildman–Crippen MR) is 55.4 cm³/mol. The van der Waals surface area contributed by atoms with Crippen LogP contribution in [0.5, 0.6) is 5.75 Å². The Kier molecular flexibility index (Phi) is 2.97. The number of rotatable bonds is 3. The standard InChI is InChI=1S/C11H7F2NO4/c1-17-7-3-2-5(9(12)10(7)13)8-4-6(11(15)16)14-18-8/h2-4H,1H3,(H,15,16). The van der Waals surface area contributed by atoms with Crippen molar-refractivity contribution in [2.24, 2.45) is 0 Å². The van der Waals surface area contributed by atoms with E-state index < -0.39 is 17.6 Å². The number of ether oxygens (including phenoxy) is 1. The molecule has 2 rings (SSSR count). The van der Waals surface area contributed by atoms with Crippen LogP contribution >= 0.6 is 0 Å². The highest BCUT2D eigenvalue weighted by Gasteiger charge is 2.19. The summed E-state index contributed by atoms with van der Waals surface area (Å²) >= 11 is 0. The van der Waals surface area contributed by atoms with Gasteiger partial charge in [-0.1, -0.05) is 5.16 Å². The summed E-state index contributed by atoms with van der Waals surface area (Å²) in [4.78, 5) is 10.6. The number of halogens is 2. The number of hydrogen-bond donors (Lipinski definition) is 1. The summed E-state index contributed by atoms with van der Waals surface area (Å²) in [6, 6.07) is 3.42. The van der Waals surface area contributed by atoms with Crippen molar-refractivity contribution in [1.82, 2.24) is 5.16 Å². The quantitative estimate of drug-likeness (QED) is 0.911. The van der Waals surface area contributed by atoms with Crippen molar-refractivity contribution in [2.75, 3.05) is 7.11 Å². The van der Waals surface area contributed by atoms with Gasteiger partial charge in [0.15, 0.2) is 23.0 Å². The maximum atomic E-state index is 13.7. The Balaban J connectivity index is 2.50. The Morgan fingerprint density at radius 2 is 2.11 bits per heavy atom. The van der Waals surface area contributed by atoms with E-state index in [2.05, 4.69) is 14.4 Å². The molecule has 18 heavy (non-hydrogen) atoms. The lowest BCUT2D eigenvalue weighted by molar-refractivity contribution is 0.0686. The van der Waals surface area contributed by atoms with E-state index in [1.165, 1.54) is 19.2 Å². The third kappa shape index (κ3) is 1.90. The summed E-state index contributed by atoms with van der Waals surface area (Å²) in [5.41, 5.74) is -0.617. The summed E-state index contributed by atoms with van der Waals surface area (Å²) < 4.78 is 36.3. The van der Waals surface area contributed by atoms with Crippen LogP contribution in [-0.4, -0.2) is 23.3 Å². The first-order valence-corrected chi connectivity index (χ1v) is 4.77. The van der Waals surface area contributed by atoms with Gasteiger partial charge < -0.3 is 14.4 Å². The fourth-order valence-corrected chi connectivity index (χ4v) is 1.38. The Morgan fingerprint density at radius 1 is 1.39 bits per heavy atom. The van der Waals surface area contributed by atoms with Crippen LogP contribution in [0.25, 0.3) is 11.3 Å². The van der Waals surface area contributed by atoms with Crippen LogP contribution in [0.1, 0.15) is 10.5 Å². The summed E-state index contributed by atoms with van der Waals surface area (Å²) in [6.07, 6.45) is 0. The van der Waals surface area contributed by atoms with E-state index in [-0.39, 0.29) is 22.8 Å². The second-order valence-corrected chi connectivity index (χ2v) is 3.32. The van der Waals surface area contributed by atoms with Gasteiger partial charge in [-0.05, 0) is 12.1 Å². The van der Waals surface area contributed by atoms with E-state index in [1.807, 2.05) is 0 Å². The van der Waals surface area contributed by atoms with Gasteiger partial charge in [-0.15, -0.1) is 0 Å². The maximum absolute atomic E-state index is 13.7. The van der Waals surface area contributed by atoms with Gasteiger partial charge in [-0.2, -0.15) is 4.39 Å². The molecular formula is C11H7F2NO4. The van der Waals surface area contributed by atoms with Crippen LogP contribution in [0.4, 0.5) is 8.78 Å². The van der Waals surface area contributed by atoms with E-state index in [1.54, 1.807) is 0 Å². The van der Waals surface area contributed by atoms with Crippen LogP contribution in [0.2, 0.25) is 0 Å². The maximum Gasteiger partial charge on any atom is 0.358 e. The molecule has 94 valence electrons. The highest BCUT2D eigenvalue weighted by atomic mass is 19.2. The Hall–Kier alpha value is -2.44. The number of benzene rings is 1. The minimum atomic E-state index is -1.32. The molecule has 0 saturated carbocycles. The fraction of sp³-hybridized carbons (Fsp3) is 0.0909. The minimum absolute atomic E-state index is 0.175. The number of nitrogens with zero attached hydrogens (tertiary/aromatic N) is 1. The molecule has 5 nitrogen and oxygen atoms in total. The van der Waals surface area contributed by atoms with Gasteiger partial charge in [0.1, 0.15) is 0 Å². The Bertz CT molecular complexity index is 609. The van der Waals surface area contributed by atoms with Crippen molar-refractivity contribution in [3.8, 4) is 17.1 Å². The lowest BCUT2D eigenvalue weighted by Crippen LogP contribution is -1.95. The average Bonchev–Trinajstić information content (AvgIpc) is 2.82. The fourth-order valence-electron chi connectivity index (χ4n) is 1.38. The average molecular weight is 255 g/mol. The van der Waals surface area contributed by atoms with Crippen LogP contribution < -0.4 is 4.74 Å². The first-order valence-electron chi connectivity index (χ1n) is 4.77. The van der Waals surface area contributed by atoms with Gasteiger partial charge in [-0.25, -0.2) is 9.18 Å². The van der Waals surface area contributed by atoms with Gasteiger partial charge in [0.05, 0.1) is 12.7 Å². The summed E-state index contributed by atoms with van der Waals surface area (Å²) in [7, 11) is 1.20. The van der Waals surface area contributed by atoms with Crippen molar-refractivity contribution in [3.05, 3.63) is 35.5 Å². The Labute approximate surface area is 99.6 Å². The number of methoxy groups -OCH3 is 1. The van der Waals surface area contributed by atoms with Gasteiger partial charge in [0, 0.05) is 6.07 Å². The highest BCUT2D eigenvalue weighted by molar-refractivity contribution is 5.86. The van der Waals surface area contributed by atoms with Gasteiger partial charge >= 0.3 is 5.97 Å². The van der Waals surface area contributed by atoms with E-state index >= 15 is 0 Å². The number of aromatic nitrogens is 1. The second-order valence-electron chi connectivity index (χ2n) is 3.32. The van der Waals surface area contributed by atoms with Crippen molar-refractivity contribution in [2.45, 2.75) is 0 Å². The molecule has 1 heterocycles. The summed E-state index contributed by atoms with van der Waals surface area (Å²) in [5, 5.41) is 11.9. The lowest BCUT2D eigenvalue weighted by Gasteiger charge is -2.04. The molecule has 1 N–H and O–H groups in total. The number of carbonyl (C=O) groups is 1. The Morgan fingerprint density at radius 3 is 2.67 bits per heavy atom. The number of carboxylic acid groups (broad SMARTS) is 1. The van der Waals surface area contributed by atoms with E-state index in [4.69, 9.17) is 5.11 Å². The van der Waals surface area contributed by atoms with Crippen LogP contribution in [0, 0.1) is 11.6 Å². The third-order valence-electron chi connectivity index (χ3n) is 2.26. The molecule has 0 spiro atoms. The zero-order valence-electron chi connectivity index (χ0n) is 9.11. The highest BCUT2D eigenvalue weighted by Crippen LogP contribution is 2.29. The van der Waals surface area contributed by atoms with Crippen molar-refractivity contribution in [3.63, 3.8) is 0 Å². The molecule has 0 aliphatic rings. The smallest absolute Gasteiger partial charge is 0.358 e. The van der Waals surface area contributed by atoms with Gasteiger partial charge in [-0.3, -0.25) is 0 Å². The molecule has 0 radical (unpaired) electrons. The number of carboxylic acids is 1. The molecule has 0 aliphatic carbocycles. The van der Waals surface area contributed by atoms with E-state index in [9.17, 15) is 13.6 Å². The second kappa shape index (κ2) is 4.44. The van der Waals surface area contributed by atoms with Crippen LogP contribution in [0.3, 0.4) is 0 Å². The van der Waals surface area contributed by atoms with Crippen molar-refractivity contribution in [1.29, 1.82) is 0 Å². The van der Waals surface area contributed by atoms with Crippen molar-refractivity contribution >= 4 is 5.97 Å². The predicted octanol–water partition coefficient (Wildman–Crippen LogP) is 2.33. The SMILES string of the molecule is COc1ccc(-c2cc(C(=O)O)no2)c(F)c1F. The molecular weight excluding hydrogens is 248 g/mol. The van der Waals surface area contributed by atoms with Crippen molar-refractivity contribution < 1.29 is 27.9 Å². The van der Waals surface area contributed by atoms with E-state index in [0.29, 0.717) is 0 Å². The normalized spacial score (nSPS) is 10.4. The van der Waals surface area contributed by atoms with Gasteiger partial charge in [0.25, 0.3) is 0 Å². The van der Waals surface area contributed by atoms with Crippen LogP contribution in [-0.2, 0) is 0 Å². The monoisotopic (exact) mass is 255 g/mol. The summed E-state index contributed by atoms with van der Waals surface area (Å²) in [6.45, 7) is 0. The number of hydrogen-bond acceptors (Lipinski definition) is 4. The first kappa shape index (κ1) is 12.0. The third-order valence-corrected chi connectivity index (χ3v) is 2.26. The molecule has 1 aromatic carbocycles. The molecule has 0 saturated heterocycles. The molecule has 0 amide bonds. The molecule has 0 aliphatic heterocycles. The minimum Gasteiger partial charge on any atom is -0.494 e. The molecule has 0 fully saturated rings. The molecule has 2 aromatic rings. The molecule has 0 unspecified atom stereocenters. The van der Waals surface area contributed by atoms with Gasteiger partial charge in [0.2, 0.25) is 5.82 Å². The molecule has 0 atom stereocenters. The zero-order chi connectivity index (χ0) is 13.3. The molecule has 1 aromatic heterocycles. The molecule has 7 heteroatoms.